The molecule has 3 heteroatoms. The van der Waals surface area contributed by atoms with Gasteiger partial charge in [0.25, 0.3) is 0 Å². The van der Waals surface area contributed by atoms with Crippen molar-refractivity contribution in [3.63, 3.8) is 0 Å². The normalized spacial score (nSPS) is 21.8. The molecule has 0 unspecified atom stereocenters. The maximum absolute atomic E-state index is 11.5. The minimum absolute atomic E-state index is 0.0164. The summed E-state index contributed by atoms with van der Waals surface area (Å²) >= 11 is 0. The number of cyclic esters (lactones) is 1. The average Bonchev–Trinajstić information content (AvgIpc) is 2.82. The van der Waals surface area contributed by atoms with Crippen molar-refractivity contribution in [1.29, 1.82) is 0 Å². The Balaban J connectivity index is 1.81. The molecule has 1 fully saturated rings. The van der Waals surface area contributed by atoms with E-state index < -0.39 is 0 Å². The zero-order chi connectivity index (χ0) is 13.1. The summed E-state index contributed by atoms with van der Waals surface area (Å²) in [4.78, 5) is 11.5. The van der Waals surface area contributed by atoms with E-state index in [4.69, 9.17) is 4.74 Å². The lowest BCUT2D eigenvalue weighted by atomic mass is 9.97. The minimum Gasteiger partial charge on any atom is -0.439 e. The fourth-order valence-electron chi connectivity index (χ4n) is 2.43. The number of hydrogen-bond acceptors (Lipinski definition) is 2. The molecule has 96 valence electrons. The quantitative estimate of drug-likeness (QED) is 0.912. The Labute approximate surface area is 112 Å². The molecule has 1 saturated heterocycles. The molecule has 2 aromatic carbocycles. The second-order valence-corrected chi connectivity index (χ2v) is 4.68. The molecule has 0 saturated carbocycles. The first kappa shape index (κ1) is 11.8. The highest BCUT2D eigenvalue weighted by Crippen LogP contribution is 2.28. The minimum atomic E-state index is -0.338. The maximum Gasteiger partial charge on any atom is 0.408 e. The highest BCUT2D eigenvalue weighted by Gasteiger charge is 2.34. The van der Waals surface area contributed by atoms with Crippen LogP contribution in [0, 0.1) is 0 Å². The van der Waals surface area contributed by atoms with Crippen LogP contribution in [0.2, 0.25) is 0 Å². The summed E-state index contributed by atoms with van der Waals surface area (Å²) in [5.41, 5.74) is 2.22. The van der Waals surface area contributed by atoms with E-state index in [2.05, 4.69) is 17.4 Å². The van der Waals surface area contributed by atoms with Gasteiger partial charge < -0.3 is 10.1 Å². The van der Waals surface area contributed by atoms with Gasteiger partial charge in [0.2, 0.25) is 0 Å². The zero-order valence-electron chi connectivity index (χ0n) is 10.5. The molecule has 0 aromatic heterocycles. The van der Waals surface area contributed by atoms with Crippen LogP contribution in [0.25, 0.3) is 0 Å². The summed E-state index contributed by atoms with van der Waals surface area (Å²) in [5.74, 6) is 0. The van der Waals surface area contributed by atoms with Crippen LogP contribution in [0.5, 0.6) is 0 Å². The predicted molar refractivity (Wildman–Crippen MR) is 72.7 cm³/mol. The first-order valence-corrected chi connectivity index (χ1v) is 6.39. The largest absolute Gasteiger partial charge is 0.439 e. The number of carbonyl (C=O) groups is 1. The predicted octanol–water partition coefficient (Wildman–Crippen LogP) is 3.08. The first-order valence-electron chi connectivity index (χ1n) is 6.39. The van der Waals surface area contributed by atoms with E-state index in [1.807, 2.05) is 48.5 Å². The van der Waals surface area contributed by atoms with Gasteiger partial charge in [-0.3, -0.25) is 0 Å². The molecule has 1 N–H and O–H groups in total. The number of amides is 1. The molecule has 2 aromatic rings. The van der Waals surface area contributed by atoms with Crippen molar-refractivity contribution in [1.82, 2.24) is 5.32 Å². The van der Waals surface area contributed by atoms with Crippen molar-refractivity contribution in [2.24, 2.45) is 0 Å². The molecule has 1 amide bonds. The van der Waals surface area contributed by atoms with Gasteiger partial charge in [0, 0.05) is 0 Å². The smallest absolute Gasteiger partial charge is 0.408 e. The van der Waals surface area contributed by atoms with Gasteiger partial charge in [-0.25, -0.2) is 4.79 Å². The lowest BCUT2D eigenvalue weighted by Crippen LogP contribution is -2.29. The lowest BCUT2D eigenvalue weighted by Gasteiger charge is -2.17. The van der Waals surface area contributed by atoms with Crippen molar-refractivity contribution < 1.29 is 9.53 Å². The third kappa shape index (κ3) is 2.60. The van der Waals surface area contributed by atoms with Gasteiger partial charge in [-0.05, 0) is 17.5 Å². The lowest BCUT2D eigenvalue weighted by molar-refractivity contribution is 0.132. The standard InChI is InChI=1S/C16H15NO2/c18-16-17-14(11-12-7-3-1-4-8-12)15(19-16)13-9-5-2-6-10-13/h1-10,14-15H,11H2,(H,17,18)/t14-,15+/m1/s1. The molecule has 0 spiro atoms. The van der Waals surface area contributed by atoms with Crippen molar-refractivity contribution in [3.8, 4) is 0 Å². The van der Waals surface area contributed by atoms with E-state index in [0.29, 0.717) is 0 Å². The molecular weight excluding hydrogens is 238 g/mol. The molecule has 1 heterocycles. The Kier molecular flexibility index (Phi) is 3.19. The van der Waals surface area contributed by atoms with E-state index in [-0.39, 0.29) is 18.2 Å². The fraction of sp³-hybridized carbons (Fsp3) is 0.188. The van der Waals surface area contributed by atoms with E-state index in [1.54, 1.807) is 0 Å². The summed E-state index contributed by atoms with van der Waals surface area (Å²) in [6, 6.07) is 20.0. The number of ether oxygens (including phenoxy) is 1. The van der Waals surface area contributed by atoms with Crippen LogP contribution in [0.4, 0.5) is 4.79 Å². The summed E-state index contributed by atoms with van der Waals surface area (Å²) in [5, 5.41) is 2.89. The van der Waals surface area contributed by atoms with Crippen molar-refractivity contribution in [3.05, 3.63) is 71.8 Å². The summed E-state index contributed by atoms with van der Waals surface area (Å²) in [7, 11) is 0. The number of carbonyl (C=O) groups excluding carboxylic acids is 1. The number of benzene rings is 2. The van der Waals surface area contributed by atoms with E-state index in [1.165, 1.54) is 5.56 Å². The Hall–Kier alpha value is -2.29. The molecule has 0 radical (unpaired) electrons. The van der Waals surface area contributed by atoms with Gasteiger partial charge in [-0.15, -0.1) is 0 Å². The summed E-state index contributed by atoms with van der Waals surface area (Å²) < 4.78 is 5.38. The molecule has 1 aliphatic heterocycles. The van der Waals surface area contributed by atoms with Crippen LogP contribution in [0.15, 0.2) is 60.7 Å². The average molecular weight is 253 g/mol. The number of nitrogens with one attached hydrogen (secondary N) is 1. The van der Waals surface area contributed by atoms with Crippen LogP contribution >= 0.6 is 0 Å². The second-order valence-electron chi connectivity index (χ2n) is 4.68. The van der Waals surface area contributed by atoms with Gasteiger partial charge in [0.15, 0.2) is 0 Å². The summed E-state index contributed by atoms with van der Waals surface area (Å²) in [6.45, 7) is 0. The highest BCUT2D eigenvalue weighted by molar-refractivity contribution is 5.70. The van der Waals surface area contributed by atoms with Gasteiger partial charge in [0.1, 0.15) is 6.10 Å². The second kappa shape index (κ2) is 5.14. The highest BCUT2D eigenvalue weighted by atomic mass is 16.6. The number of alkyl carbamates (subject to hydrolysis) is 1. The molecule has 3 rings (SSSR count). The zero-order valence-corrected chi connectivity index (χ0v) is 10.5. The third-order valence-corrected chi connectivity index (χ3v) is 3.33. The van der Waals surface area contributed by atoms with Crippen LogP contribution in [0.3, 0.4) is 0 Å². The maximum atomic E-state index is 11.5. The molecule has 3 nitrogen and oxygen atoms in total. The van der Waals surface area contributed by atoms with E-state index in [0.717, 1.165) is 12.0 Å². The van der Waals surface area contributed by atoms with Crippen molar-refractivity contribution in [2.75, 3.05) is 0 Å². The molecule has 19 heavy (non-hydrogen) atoms. The van der Waals surface area contributed by atoms with Crippen LogP contribution < -0.4 is 5.32 Å². The van der Waals surface area contributed by atoms with Gasteiger partial charge in [-0.1, -0.05) is 60.7 Å². The monoisotopic (exact) mass is 253 g/mol. The fourth-order valence-corrected chi connectivity index (χ4v) is 2.43. The summed E-state index contributed by atoms with van der Waals surface area (Å²) in [6.07, 6.45) is 0.218. The number of hydrogen-bond donors (Lipinski definition) is 1. The van der Waals surface area contributed by atoms with Crippen molar-refractivity contribution in [2.45, 2.75) is 18.6 Å². The van der Waals surface area contributed by atoms with Crippen LogP contribution in [0.1, 0.15) is 17.2 Å². The SMILES string of the molecule is O=C1N[C@H](Cc2ccccc2)[C@H](c2ccccc2)O1. The number of rotatable bonds is 3. The van der Waals surface area contributed by atoms with Gasteiger partial charge in [-0.2, -0.15) is 0 Å². The molecule has 2 atom stereocenters. The van der Waals surface area contributed by atoms with E-state index >= 15 is 0 Å². The first-order chi connectivity index (χ1) is 9.33. The van der Waals surface area contributed by atoms with Crippen LogP contribution in [-0.4, -0.2) is 12.1 Å². The molecular formula is C16H15NO2. The molecule has 1 aliphatic rings. The van der Waals surface area contributed by atoms with E-state index in [9.17, 15) is 4.79 Å². The third-order valence-electron chi connectivity index (χ3n) is 3.33. The van der Waals surface area contributed by atoms with Gasteiger partial charge >= 0.3 is 6.09 Å². The Morgan fingerprint density at radius 3 is 2.26 bits per heavy atom. The van der Waals surface area contributed by atoms with Crippen LogP contribution in [-0.2, 0) is 11.2 Å². The van der Waals surface area contributed by atoms with Gasteiger partial charge in [0.05, 0.1) is 6.04 Å². The molecule has 0 bridgehead atoms. The topological polar surface area (TPSA) is 38.3 Å². The Bertz CT molecular complexity index is 553. The molecule has 0 aliphatic carbocycles. The Morgan fingerprint density at radius 1 is 0.947 bits per heavy atom. The Morgan fingerprint density at radius 2 is 1.58 bits per heavy atom. The van der Waals surface area contributed by atoms with Crippen molar-refractivity contribution >= 4 is 6.09 Å².